The Balaban J connectivity index is 1.97. The average molecular weight is 300 g/mol. The van der Waals surface area contributed by atoms with Crippen LogP contribution in [0.15, 0.2) is 12.3 Å². The van der Waals surface area contributed by atoms with E-state index in [1.165, 1.54) is 4.31 Å². The van der Waals surface area contributed by atoms with Crippen LogP contribution in [0.2, 0.25) is 0 Å². The van der Waals surface area contributed by atoms with Gasteiger partial charge in [0.15, 0.2) is 0 Å². The van der Waals surface area contributed by atoms with Crippen molar-refractivity contribution in [3.05, 3.63) is 23.8 Å². The first kappa shape index (κ1) is 15.3. The number of piperidine rings is 1. The van der Waals surface area contributed by atoms with Gasteiger partial charge in [0.2, 0.25) is 0 Å². The van der Waals surface area contributed by atoms with Crippen LogP contribution in [0.25, 0.3) is 0 Å². The van der Waals surface area contributed by atoms with Crippen LogP contribution in [0.1, 0.15) is 24.4 Å². The van der Waals surface area contributed by atoms with Crippen molar-refractivity contribution >= 4 is 10.2 Å². The summed E-state index contributed by atoms with van der Waals surface area (Å²) in [6, 6.07) is 1.68. The molecule has 0 amide bonds. The quantitative estimate of drug-likeness (QED) is 0.787. The van der Waals surface area contributed by atoms with Gasteiger partial charge in [0.1, 0.15) is 5.82 Å². The van der Waals surface area contributed by atoms with Crippen molar-refractivity contribution in [3.8, 4) is 0 Å². The van der Waals surface area contributed by atoms with E-state index in [0.717, 1.165) is 12.8 Å². The molecule has 0 saturated carbocycles. The molecule has 2 N–H and O–H groups in total. The van der Waals surface area contributed by atoms with Crippen molar-refractivity contribution in [3.63, 3.8) is 0 Å². The lowest BCUT2D eigenvalue weighted by atomic mass is 10.0. The number of aryl methyl sites for hydroxylation is 1. The zero-order valence-electron chi connectivity index (χ0n) is 11.5. The van der Waals surface area contributed by atoms with Gasteiger partial charge < -0.3 is 5.11 Å². The summed E-state index contributed by atoms with van der Waals surface area (Å²) < 4.78 is 28.3. The van der Waals surface area contributed by atoms with E-state index in [4.69, 9.17) is 5.11 Å². The largest absolute Gasteiger partial charge is 0.396 e. The Kier molecular flexibility index (Phi) is 5.03. The van der Waals surface area contributed by atoms with Crippen LogP contribution in [-0.4, -0.2) is 47.5 Å². The van der Waals surface area contributed by atoms with Gasteiger partial charge in [-0.05, 0) is 31.7 Å². The summed E-state index contributed by atoms with van der Waals surface area (Å²) >= 11 is 0. The molecule has 0 radical (unpaired) electrons. The molecule has 1 fully saturated rings. The van der Waals surface area contributed by atoms with Crippen LogP contribution in [0, 0.1) is 12.8 Å². The highest BCUT2D eigenvalue weighted by Gasteiger charge is 2.28. The maximum atomic E-state index is 12.2. The van der Waals surface area contributed by atoms with Crippen molar-refractivity contribution in [1.29, 1.82) is 0 Å². The standard InChI is InChI=1S/C12H20N4O3S/c1-10-13-5-4-12(15-10)7-14-20(18,19)16-6-2-3-11(8-16)9-17/h4-5,11,14,17H,2-3,6-9H2,1H3. The minimum Gasteiger partial charge on any atom is -0.396 e. The number of hydrogen-bond acceptors (Lipinski definition) is 5. The maximum Gasteiger partial charge on any atom is 0.279 e. The molecule has 0 aliphatic carbocycles. The van der Waals surface area contributed by atoms with E-state index < -0.39 is 10.2 Å². The number of hydrogen-bond donors (Lipinski definition) is 2. The van der Waals surface area contributed by atoms with Crippen molar-refractivity contribution < 1.29 is 13.5 Å². The Morgan fingerprint density at radius 3 is 3.05 bits per heavy atom. The van der Waals surface area contributed by atoms with Gasteiger partial charge in [0, 0.05) is 25.9 Å². The summed E-state index contributed by atoms with van der Waals surface area (Å²) in [6.07, 6.45) is 3.25. The molecule has 2 heterocycles. The molecule has 112 valence electrons. The first-order valence-electron chi connectivity index (χ1n) is 6.65. The van der Waals surface area contributed by atoms with Crippen LogP contribution in [0.5, 0.6) is 0 Å². The summed E-state index contributed by atoms with van der Waals surface area (Å²) in [7, 11) is -3.53. The predicted octanol–water partition coefficient (Wildman–Crippen LogP) is -0.176. The minimum absolute atomic E-state index is 0.0249. The van der Waals surface area contributed by atoms with E-state index in [1.807, 2.05) is 0 Å². The maximum absolute atomic E-state index is 12.2. The molecule has 20 heavy (non-hydrogen) atoms. The van der Waals surface area contributed by atoms with Crippen LogP contribution in [-0.2, 0) is 16.8 Å². The highest BCUT2D eigenvalue weighted by molar-refractivity contribution is 7.87. The lowest BCUT2D eigenvalue weighted by molar-refractivity contribution is 0.164. The zero-order valence-corrected chi connectivity index (χ0v) is 12.3. The van der Waals surface area contributed by atoms with E-state index in [9.17, 15) is 8.42 Å². The molecule has 1 saturated heterocycles. The Labute approximate surface area is 119 Å². The summed E-state index contributed by atoms with van der Waals surface area (Å²) in [5.74, 6) is 0.640. The third-order valence-corrected chi connectivity index (χ3v) is 4.87. The zero-order chi connectivity index (χ0) is 14.6. The second-order valence-electron chi connectivity index (χ2n) is 4.97. The smallest absolute Gasteiger partial charge is 0.279 e. The molecule has 1 aliphatic rings. The SMILES string of the molecule is Cc1nccc(CNS(=O)(=O)N2CCCC(CO)C2)n1. The number of aromatic nitrogens is 2. The van der Waals surface area contributed by atoms with Crippen LogP contribution < -0.4 is 4.72 Å². The van der Waals surface area contributed by atoms with Crippen molar-refractivity contribution in [2.45, 2.75) is 26.3 Å². The average Bonchev–Trinajstić information content (AvgIpc) is 2.45. The number of aliphatic hydroxyl groups is 1. The van der Waals surface area contributed by atoms with Gasteiger partial charge in [-0.3, -0.25) is 0 Å². The Bertz CT molecular complexity index is 549. The molecule has 0 bridgehead atoms. The minimum atomic E-state index is -3.53. The molecule has 0 spiro atoms. The summed E-state index contributed by atoms with van der Waals surface area (Å²) in [4.78, 5) is 8.12. The molecule has 1 aliphatic heterocycles. The van der Waals surface area contributed by atoms with Gasteiger partial charge in [0.05, 0.1) is 12.2 Å². The van der Waals surface area contributed by atoms with Gasteiger partial charge in [-0.2, -0.15) is 17.4 Å². The Hall–Kier alpha value is -1.09. The first-order valence-corrected chi connectivity index (χ1v) is 8.09. The first-order chi connectivity index (χ1) is 9.51. The molecule has 1 atom stereocenters. The van der Waals surface area contributed by atoms with Crippen molar-refractivity contribution in [1.82, 2.24) is 19.0 Å². The van der Waals surface area contributed by atoms with Gasteiger partial charge in [-0.25, -0.2) is 9.97 Å². The van der Waals surface area contributed by atoms with Crippen molar-refractivity contribution in [2.75, 3.05) is 19.7 Å². The van der Waals surface area contributed by atoms with Gasteiger partial charge in [-0.15, -0.1) is 0 Å². The molecular weight excluding hydrogens is 280 g/mol. The molecule has 1 aromatic heterocycles. The molecule has 1 aromatic rings. The molecule has 1 unspecified atom stereocenters. The Morgan fingerprint density at radius 2 is 2.35 bits per heavy atom. The molecule has 7 nitrogen and oxygen atoms in total. The van der Waals surface area contributed by atoms with Crippen LogP contribution in [0.3, 0.4) is 0 Å². The fourth-order valence-corrected chi connectivity index (χ4v) is 3.54. The number of rotatable bonds is 5. The van der Waals surface area contributed by atoms with Gasteiger partial charge >= 0.3 is 0 Å². The summed E-state index contributed by atoms with van der Waals surface area (Å²) in [6.45, 7) is 2.79. The molecular formula is C12H20N4O3S. The monoisotopic (exact) mass is 300 g/mol. The lowest BCUT2D eigenvalue weighted by Gasteiger charge is -2.30. The van der Waals surface area contributed by atoms with E-state index in [0.29, 0.717) is 24.6 Å². The van der Waals surface area contributed by atoms with E-state index in [2.05, 4.69) is 14.7 Å². The predicted molar refractivity (Wildman–Crippen MR) is 73.9 cm³/mol. The van der Waals surface area contributed by atoms with Gasteiger partial charge in [0.25, 0.3) is 10.2 Å². The second-order valence-corrected chi connectivity index (χ2v) is 6.73. The summed E-state index contributed by atoms with van der Waals surface area (Å²) in [5, 5.41) is 9.15. The fraction of sp³-hybridized carbons (Fsp3) is 0.667. The number of nitrogens with one attached hydrogen (secondary N) is 1. The van der Waals surface area contributed by atoms with Gasteiger partial charge in [-0.1, -0.05) is 0 Å². The van der Waals surface area contributed by atoms with E-state index >= 15 is 0 Å². The fourth-order valence-electron chi connectivity index (χ4n) is 2.25. The van der Waals surface area contributed by atoms with Crippen molar-refractivity contribution in [2.24, 2.45) is 5.92 Å². The topological polar surface area (TPSA) is 95.4 Å². The normalized spacial score (nSPS) is 21.0. The highest BCUT2D eigenvalue weighted by atomic mass is 32.2. The van der Waals surface area contributed by atoms with Crippen LogP contribution >= 0.6 is 0 Å². The third kappa shape index (κ3) is 3.95. The number of nitrogens with zero attached hydrogens (tertiary/aromatic N) is 3. The lowest BCUT2D eigenvalue weighted by Crippen LogP contribution is -2.46. The molecule has 0 aromatic carbocycles. The molecule has 2 rings (SSSR count). The Morgan fingerprint density at radius 1 is 1.55 bits per heavy atom. The second kappa shape index (κ2) is 6.57. The summed E-state index contributed by atoms with van der Waals surface area (Å²) in [5.41, 5.74) is 0.636. The molecule has 8 heteroatoms. The highest BCUT2D eigenvalue weighted by Crippen LogP contribution is 2.18. The number of aliphatic hydroxyl groups excluding tert-OH is 1. The van der Waals surface area contributed by atoms with E-state index in [1.54, 1.807) is 19.2 Å². The van der Waals surface area contributed by atoms with E-state index in [-0.39, 0.29) is 19.1 Å². The van der Waals surface area contributed by atoms with Crippen LogP contribution in [0.4, 0.5) is 0 Å². The third-order valence-electron chi connectivity index (χ3n) is 3.35.